The molecule has 0 aliphatic carbocycles. The maximum Gasteiger partial charge on any atom is 0.225 e. The molecule has 0 radical (unpaired) electrons. The van der Waals surface area contributed by atoms with Crippen molar-refractivity contribution in [3.05, 3.63) is 0 Å². The Bertz CT molecular complexity index is 311. The Balaban J connectivity index is 1.84. The van der Waals surface area contributed by atoms with Gasteiger partial charge in [-0.25, -0.2) is 0 Å². The molecule has 5 nitrogen and oxygen atoms in total. The second kappa shape index (κ2) is 5.04. The van der Waals surface area contributed by atoms with Crippen LogP contribution in [0.3, 0.4) is 0 Å². The van der Waals surface area contributed by atoms with E-state index in [1.165, 1.54) is 0 Å². The number of carbonyl (C=O) groups is 2. The van der Waals surface area contributed by atoms with Crippen LogP contribution in [-0.4, -0.2) is 53.8 Å². The fourth-order valence-electron chi connectivity index (χ4n) is 2.69. The van der Waals surface area contributed by atoms with Crippen molar-refractivity contribution in [1.29, 1.82) is 0 Å². The summed E-state index contributed by atoms with van der Waals surface area (Å²) in [7, 11) is 0. The SMILES string of the molecule is CC(=O)N1CCC(C(=O)N2CC[C@@H](N)C2)CC1. The third kappa shape index (κ3) is 2.77. The van der Waals surface area contributed by atoms with Gasteiger partial charge >= 0.3 is 0 Å². The van der Waals surface area contributed by atoms with Crippen LogP contribution in [0.1, 0.15) is 26.2 Å². The molecule has 0 aromatic carbocycles. The first-order chi connectivity index (χ1) is 8.08. The number of nitrogens with two attached hydrogens (primary N) is 1. The Labute approximate surface area is 102 Å². The fourth-order valence-corrected chi connectivity index (χ4v) is 2.69. The summed E-state index contributed by atoms with van der Waals surface area (Å²) >= 11 is 0. The molecule has 5 heteroatoms. The van der Waals surface area contributed by atoms with Crippen molar-refractivity contribution in [2.24, 2.45) is 11.7 Å². The highest BCUT2D eigenvalue weighted by molar-refractivity contribution is 5.80. The largest absolute Gasteiger partial charge is 0.343 e. The summed E-state index contributed by atoms with van der Waals surface area (Å²) in [5.41, 5.74) is 5.81. The van der Waals surface area contributed by atoms with Crippen molar-refractivity contribution in [3.63, 3.8) is 0 Å². The predicted octanol–water partition coefficient (Wildman–Crippen LogP) is -0.195. The molecular formula is C12H21N3O2. The highest BCUT2D eigenvalue weighted by Gasteiger charge is 2.32. The number of piperidine rings is 1. The molecule has 2 rings (SSSR count). The lowest BCUT2D eigenvalue weighted by Crippen LogP contribution is -2.43. The fraction of sp³-hybridized carbons (Fsp3) is 0.833. The van der Waals surface area contributed by atoms with E-state index >= 15 is 0 Å². The smallest absolute Gasteiger partial charge is 0.225 e. The lowest BCUT2D eigenvalue weighted by atomic mass is 9.95. The van der Waals surface area contributed by atoms with Gasteiger partial charge in [-0.3, -0.25) is 9.59 Å². The van der Waals surface area contributed by atoms with Gasteiger partial charge in [0, 0.05) is 45.1 Å². The summed E-state index contributed by atoms with van der Waals surface area (Å²) in [4.78, 5) is 27.1. The summed E-state index contributed by atoms with van der Waals surface area (Å²) in [6.45, 7) is 4.51. The van der Waals surface area contributed by atoms with Crippen LogP contribution in [0.15, 0.2) is 0 Å². The third-order valence-electron chi connectivity index (χ3n) is 3.83. The Morgan fingerprint density at radius 3 is 2.12 bits per heavy atom. The van der Waals surface area contributed by atoms with Gasteiger partial charge in [0.05, 0.1) is 0 Å². The molecule has 0 bridgehead atoms. The monoisotopic (exact) mass is 239 g/mol. The van der Waals surface area contributed by atoms with E-state index < -0.39 is 0 Å². The number of hydrogen-bond acceptors (Lipinski definition) is 3. The van der Waals surface area contributed by atoms with Gasteiger partial charge in [-0.1, -0.05) is 0 Å². The minimum atomic E-state index is 0.0934. The highest BCUT2D eigenvalue weighted by atomic mass is 16.2. The molecule has 2 fully saturated rings. The number of likely N-dealkylation sites (tertiary alicyclic amines) is 2. The van der Waals surface area contributed by atoms with E-state index in [0.29, 0.717) is 19.6 Å². The molecule has 1 atom stereocenters. The van der Waals surface area contributed by atoms with Crippen molar-refractivity contribution < 1.29 is 9.59 Å². The lowest BCUT2D eigenvalue weighted by molar-refractivity contribution is -0.139. The van der Waals surface area contributed by atoms with Crippen LogP contribution in [0.25, 0.3) is 0 Å². The first-order valence-corrected chi connectivity index (χ1v) is 6.38. The quantitative estimate of drug-likeness (QED) is 0.689. The molecule has 2 heterocycles. The van der Waals surface area contributed by atoms with E-state index in [1.807, 2.05) is 9.80 Å². The van der Waals surface area contributed by atoms with Gasteiger partial charge in [0.2, 0.25) is 11.8 Å². The molecule has 0 aromatic rings. The lowest BCUT2D eigenvalue weighted by Gasteiger charge is -2.32. The Kier molecular flexibility index (Phi) is 3.66. The third-order valence-corrected chi connectivity index (χ3v) is 3.83. The van der Waals surface area contributed by atoms with E-state index in [0.717, 1.165) is 25.8 Å². The van der Waals surface area contributed by atoms with E-state index in [-0.39, 0.29) is 23.8 Å². The molecule has 96 valence electrons. The predicted molar refractivity (Wildman–Crippen MR) is 64.2 cm³/mol. The van der Waals surface area contributed by atoms with Gasteiger partial charge < -0.3 is 15.5 Å². The zero-order valence-electron chi connectivity index (χ0n) is 10.4. The first kappa shape index (κ1) is 12.4. The first-order valence-electron chi connectivity index (χ1n) is 6.38. The van der Waals surface area contributed by atoms with Crippen molar-refractivity contribution in [3.8, 4) is 0 Å². The molecule has 2 aliphatic rings. The second-order valence-electron chi connectivity index (χ2n) is 5.11. The van der Waals surface area contributed by atoms with Crippen LogP contribution in [-0.2, 0) is 9.59 Å². The molecular weight excluding hydrogens is 218 g/mol. The van der Waals surface area contributed by atoms with Crippen molar-refractivity contribution >= 4 is 11.8 Å². The van der Waals surface area contributed by atoms with E-state index in [2.05, 4.69) is 0 Å². The second-order valence-corrected chi connectivity index (χ2v) is 5.11. The highest BCUT2D eigenvalue weighted by Crippen LogP contribution is 2.21. The number of hydrogen-bond donors (Lipinski definition) is 1. The number of rotatable bonds is 1. The molecule has 0 spiro atoms. The van der Waals surface area contributed by atoms with Gasteiger partial charge in [0.25, 0.3) is 0 Å². The van der Waals surface area contributed by atoms with Gasteiger partial charge in [-0.05, 0) is 19.3 Å². The molecule has 0 saturated carbocycles. The maximum absolute atomic E-state index is 12.2. The summed E-state index contributed by atoms with van der Waals surface area (Å²) in [5, 5.41) is 0. The topological polar surface area (TPSA) is 66.6 Å². The number of carbonyl (C=O) groups excluding carboxylic acids is 2. The number of amides is 2. The van der Waals surface area contributed by atoms with Crippen LogP contribution >= 0.6 is 0 Å². The normalized spacial score (nSPS) is 26.4. The van der Waals surface area contributed by atoms with E-state index in [9.17, 15) is 9.59 Å². The summed E-state index contributed by atoms with van der Waals surface area (Å²) in [6.07, 6.45) is 2.51. The number of nitrogens with zero attached hydrogens (tertiary/aromatic N) is 2. The molecule has 0 aromatic heterocycles. The maximum atomic E-state index is 12.2. The van der Waals surface area contributed by atoms with Gasteiger partial charge in [-0.2, -0.15) is 0 Å². The van der Waals surface area contributed by atoms with Gasteiger partial charge in [0.1, 0.15) is 0 Å². The van der Waals surface area contributed by atoms with Crippen LogP contribution < -0.4 is 5.73 Å². The average Bonchev–Trinajstić information content (AvgIpc) is 2.75. The van der Waals surface area contributed by atoms with E-state index in [1.54, 1.807) is 6.92 Å². The van der Waals surface area contributed by atoms with Crippen LogP contribution in [0.4, 0.5) is 0 Å². The molecule has 2 amide bonds. The molecule has 2 N–H and O–H groups in total. The summed E-state index contributed by atoms with van der Waals surface area (Å²) in [5.74, 6) is 0.441. The minimum absolute atomic E-state index is 0.0934. The standard InChI is InChI=1S/C12H21N3O2/c1-9(16)14-5-2-10(3-6-14)12(17)15-7-4-11(13)8-15/h10-11H,2-8,13H2,1H3/t11-/m1/s1. The van der Waals surface area contributed by atoms with Crippen molar-refractivity contribution in [1.82, 2.24) is 9.80 Å². The van der Waals surface area contributed by atoms with Crippen LogP contribution in [0.2, 0.25) is 0 Å². The molecule has 0 unspecified atom stereocenters. The van der Waals surface area contributed by atoms with Gasteiger partial charge in [0.15, 0.2) is 0 Å². The Morgan fingerprint density at radius 2 is 1.65 bits per heavy atom. The van der Waals surface area contributed by atoms with Crippen molar-refractivity contribution in [2.45, 2.75) is 32.2 Å². The molecule has 2 aliphatic heterocycles. The average molecular weight is 239 g/mol. The zero-order valence-corrected chi connectivity index (χ0v) is 10.4. The van der Waals surface area contributed by atoms with E-state index in [4.69, 9.17) is 5.73 Å². The zero-order chi connectivity index (χ0) is 12.4. The summed E-state index contributed by atoms with van der Waals surface area (Å²) in [6, 6.07) is 0.149. The Hall–Kier alpha value is -1.10. The van der Waals surface area contributed by atoms with Crippen LogP contribution in [0, 0.1) is 5.92 Å². The summed E-state index contributed by atoms with van der Waals surface area (Å²) < 4.78 is 0. The Morgan fingerprint density at radius 1 is 1.06 bits per heavy atom. The van der Waals surface area contributed by atoms with Crippen molar-refractivity contribution in [2.75, 3.05) is 26.2 Å². The van der Waals surface area contributed by atoms with Crippen LogP contribution in [0.5, 0.6) is 0 Å². The van der Waals surface area contributed by atoms with Gasteiger partial charge in [-0.15, -0.1) is 0 Å². The minimum Gasteiger partial charge on any atom is -0.343 e. The molecule has 17 heavy (non-hydrogen) atoms. The molecule has 2 saturated heterocycles.